The van der Waals surface area contributed by atoms with Crippen LogP contribution in [0.2, 0.25) is 0 Å². The summed E-state index contributed by atoms with van der Waals surface area (Å²) in [6, 6.07) is -0.0858. The van der Waals surface area contributed by atoms with E-state index in [9.17, 15) is 4.79 Å². The lowest BCUT2D eigenvalue weighted by atomic mass is 9.80. The molecular weight excluding hydrogens is 318 g/mol. The number of carbonyl (C=O) groups excluding carboxylic acids is 1. The topological polar surface area (TPSA) is 76.8 Å². The molecular formula is C19H37N3O3. The van der Waals surface area contributed by atoms with Crippen molar-refractivity contribution in [2.75, 3.05) is 33.4 Å². The van der Waals surface area contributed by atoms with Gasteiger partial charge in [-0.2, -0.15) is 0 Å². The highest BCUT2D eigenvalue weighted by atomic mass is 16.5. The van der Waals surface area contributed by atoms with Crippen LogP contribution in [0.15, 0.2) is 0 Å². The number of carbonyl (C=O) groups is 1. The molecule has 6 nitrogen and oxygen atoms in total. The van der Waals surface area contributed by atoms with Gasteiger partial charge in [-0.25, -0.2) is 4.79 Å². The summed E-state index contributed by atoms with van der Waals surface area (Å²) in [5, 5.41) is 2.91. The predicted octanol–water partition coefficient (Wildman–Crippen LogP) is 2.37. The summed E-state index contributed by atoms with van der Waals surface area (Å²) in [6.45, 7) is 6.97. The van der Waals surface area contributed by atoms with E-state index in [0.29, 0.717) is 25.9 Å². The number of nitrogens with two attached hydrogens (primary N) is 1. The second-order valence-corrected chi connectivity index (χ2v) is 7.91. The summed E-state index contributed by atoms with van der Waals surface area (Å²) < 4.78 is 11.2. The fourth-order valence-electron chi connectivity index (χ4n) is 4.07. The molecule has 25 heavy (non-hydrogen) atoms. The normalized spacial score (nSPS) is 30.5. The first-order valence-electron chi connectivity index (χ1n) is 9.93. The molecule has 146 valence electrons. The lowest BCUT2D eigenvalue weighted by Gasteiger charge is -2.40. The molecule has 0 bridgehead atoms. The van der Waals surface area contributed by atoms with Gasteiger partial charge in [-0.1, -0.05) is 13.8 Å². The fraction of sp³-hybridized carbons (Fsp3) is 0.947. The molecule has 1 aliphatic heterocycles. The molecule has 0 aromatic carbocycles. The molecule has 0 unspecified atom stereocenters. The van der Waals surface area contributed by atoms with Crippen molar-refractivity contribution in [2.24, 2.45) is 17.6 Å². The first-order chi connectivity index (χ1) is 12.0. The Morgan fingerprint density at radius 3 is 2.60 bits per heavy atom. The zero-order valence-electron chi connectivity index (χ0n) is 16.2. The largest absolute Gasteiger partial charge is 0.383 e. The number of ether oxygens (including phenoxy) is 2. The van der Waals surface area contributed by atoms with Crippen molar-refractivity contribution in [3.8, 4) is 0 Å². The minimum Gasteiger partial charge on any atom is -0.383 e. The summed E-state index contributed by atoms with van der Waals surface area (Å²) >= 11 is 0. The molecule has 2 rings (SSSR count). The maximum atomic E-state index is 12.4. The maximum Gasteiger partial charge on any atom is 0.317 e. The second kappa shape index (κ2) is 10.3. The summed E-state index contributed by atoms with van der Waals surface area (Å²) in [4.78, 5) is 14.3. The van der Waals surface area contributed by atoms with Crippen LogP contribution in [0, 0.1) is 11.8 Å². The van der Waals surface area contributed by atoms with Crippen molar-refractivity contribution in [1.29, 1.82) is 0 Å². The summed E-state index contributed by atoms with van der Waals surface area (Å²) in [5.74, 6) is 1.60. The van der Waals surface area contributed by atoms with E-state index in [-0.39, 0.29) is 18.1 Å². The number of likely N-dealkylation sites (tertiary alicyclic amines) is 1. The Balaban J connectivity index is 1.81. The number of methoxy groups -OCH3 is 1. The van der Waals surface area contributed by atoms with Crippen molar-refractivity contribution in [3.05, 3.63) is 0 Å². The van der Waals surface area contributed by atoms with Gasteiger partial charge in [-0.3, -0.25) is 0 Å². The summed E-state index contributed by atoms with van der Waals surface area (Å²) in [7, 11) is 1.63. The molecule has 1 heterocycles. The minimum atomic E-state index is -0.0516. The Morgan fingerprint density at radius 2 is 1.96 bits per heavy atom. The first kappa shape index (κ1) is 20.5. The Morgan fingerprint density at radius 1 is 1.24 bits per heavy atom. The van der Waals surface area contributed by atoms with Crippen LogP contribution in [0.1, 0.15) is 52.4 Å². The molecule has 2 amide bonds. The number of rotatable bonds is 7. The molecule has 0 aromatic heterocycles. The van der Waals surface area contributed by atoms with E-state index in [0.717, 1.165) is 44.1 Å². The van der Waals surface area contributed by atoms with E-state index < -0.39 is 0 Å². The van der Waals surface area contributed by atoms with Crippen LogP contribution in [0.25, 0.3) is 0 Å². The van der Waals surface area contributed by atoms with Crippen LogP contribution in [-0.4, -0.2) is 62.5 Å². The monoisotopic (exact) mass is 355 g/mol. The average molecular weight is 356 g/mol. The van der Waals surface area contributed by atoms with Gasteiger partial charge in [-0.15, -0.1) is 0 Å². The van der Waals surface area contributed by atoms with Gasteiger partial charge in [0.25, 0.3) is 0 Å². The molecule has 6 heteroatoms. The third kappa shape index (κ3) is 6.12. The molecule has 2 fully saturated rings. The van der Waals surface area contributed by atoms with Crippen LogP contribution in [-0.2, 0) is 9.47 Å². The minimum absolute atomic E-state index is 0.00562. The van der Waals surface area contributed by atoms with Crippen molar-refractivity contribution < 1.29 is 14.3 Å². The standard InChI is InChI=1S/C19H37N3O3/c1-14(2)15-6-8-16(9-7-15)25-13-18-17(20)5-4-11-22(18)19(23)21-10-12-24-3/h14-18H,4-13,20H2,1-3H3,(H,21,23)/t15-,16+,17-,18-/m0/s1. The van der Waals surface area contributed by atoms with Gasteiger partial charge in [0.2, 0.25) is 0 Å². The van der Waals surface area contributed by atoms with Crippen LogP contribution in [0.3, 0.4) is 0 Å². The van der Waals surface area contributed by atoms with Crippen LogP contribution in [0.4, 0.5) is 4.79 Å². The predicted molar refractivity (Wildman–Crippen MR) is 99.5 cm³/mol. The molecule has 1 aliphatic carbocycles. The molecule has 0 spiro atoms. The van der Waals surface area contributed by atoms with Crippen molar-refractivity contribution in [3.63, 3.8) is 0 Å². The van der Waals surface area contributed by atoms with Crippen LogP contribution in [0.5, 0.6) is 0 Å². The van der Waals surface area contributed by atoms with E-state index in [4.69, 9.17) is 15.2 Å². The molecule has 0 aromatic rings. The molecule has 1 saturated heterocycles. The molecule has 3 N–H and O–H groups in total. The first-order valence-corrected chi connectivity index (χ1v) is 9.93. The second-order valence-electron chi connectivity index (χ2n) is 7.91. The number of nitrogens with zero attached hydrogens (tertiary/aromatic N) is 1. The quantitative estimate of drug-likeness (QED) is 0.687. The summed E-state index contributed by atoms with van der Waals surface area (Å²) in [5.41, 5.74) is 6.31. The Labute approximate surface area is 152 Å². The molecule has 0 radical (unpaired) electrons. The zero-order chi connectivity index (χ0) is 18.2. The smallest absolute Gasteiger partial charge is 0.317 e. The zero-order valence-corrected chi connectivity index (χ0v) is 16.2. The molecule has 2 aliphatic rings. The van der Waals surface area contributed by atoms with Gasteiger partial charge >= 0.3 is 6.03 Å². The Bertz CT molecular complexity index is 397. The third-order valence-electron chi connectivity index (χ3n) is 5.84. The SMILES string of the molecule is COCCNC(=O)N1CCC[C@H](N)[C@@H]1CO[C@H]1CC[C@@H](C(C)C)CC1. The third-order valence-corrected chi connectivity index (χ3v) is 5.84. The van der Waals surface area contributed by atoms with Gasteiger partial charge in [0.15, 0.2) is 0 Å². The Kier molecular flexibility index (Phi) is 8.46. The van der Waals surface area contributed by atoms with Gasteiger partial charge in [-0.05, 0) is 50.4 Å². The van der Waals surface area contributed by atoms with Gasteiger partial charge in [0, 0.05) is 26.2 Å². The van der Waals surface area contributed by atoms with Crippen molar-refractivity contribution >= 4 is 6.03 Å². The van der Waals surface area contributed by atoms with Gasteiger partial charge in [0.05, 0.1) is 25.4 Å². The van der Waals surface area contributed by atoms with Crippen LogP contribution < -0.4 is 11.1 Å². The highest BCUT2D eigenvalue weighted by Gasteiger charge is 2.33. The number of urea groups is 1. The van der Waals surface area contributed by atoms with Crippen molar-refractivity contribution in [2.45, 2.75) is 70.6 Å². The number of piperidine rings is 1. The summed E-state index contributed by atoms with van der Waals surface area (Å²) in [6.07, 6.45) is 6.99. The van der Waals surface area contributed by atoms with Crippen molar-refractivity contribution in [1.82, 2.24) is 10.2 Å². The van der Waals surface area contributed by atoms with Gasteiger partial charge in [0.1, 0.15) is 0 Å². The average Bonchev–Trinajstić information content (AvgIpc) is 2.61. The van der Waals surface area contributed by atoms with Crippen LogP contribution >= 0.6 is 0 Å². The van der Waals surface area contributed by atoms with E-state index >= 15 is 0 Å². The number of hydrogen-bond donors (Lipinski definition) is 2. The molecule has 2 atom stereocenters. The van der Waals surface area contributed by atoms with E-state index in [1.807, 2.05) is 4.90 Å². The number of amides is 2. The highest BCUT2D eigenvalue weighted by molar-refractivity contribution is 5.74. The van der Waals surface area contributed by atoms with E-state index in [1.165, 1.54) is 12.8 Å². The lowest BCUT2D eigenvalue weighted by molar-refractivity contribution is -0.0228. The number of hydrogen-bond acceptors (Lipinski definition) is 4. The van der Waals surface area contributed by atoms with Gasteiger partial charge < -0.3 is 25.4 Å². The lowest BCUT2D eigenvalue weighted by Crippen LogP contribution is -2.59. The van der Waals surface area contributed by atoms with E-state index in [1.54, 1.807) is 7.11 Å². The number of nitrogens with one attached hydrogen (secondary N) is 1. The highest BCUT2D eigenvalue weighted by Crippen LogP contribution is 2.31. The Hall–Kier alpha value is -0.850. The molecule has 1 saturated carbocycles. The maximum absolute atomic E-state index is 12.4. The van der Waals surface area contributed by atoms with E-state index in [2.05, 4.69) is 19.2 Å². The fourth-order valence-corrected chi connectivity index (χ4v) is 4.07.